The van der Waals surface area contributed by atoms with E-state index in [1.807, 2.05) is 181 Å². The number of aryl methyl sites for hydroxylation is 7. The second-order valence-corrected chi connectivity index (χ2v) is 51.5. The first-order valence-electron chi connectivity index (χ1n) is 45.1. The van der Waals surface area contributed by atoms with E-state index < -0.39 is 162 Å². The van der Waals surface area contributed by atoms with Crippen molar-refractivity contribution in [2.45, 2.75) is 203 Å². The Morgan fingerprint density at radius 2 is 0.421 bits per heavy atom. The van der Waals surface area contributed by atoms with Crippen LogP contribution in [0.4, 0.5) is 0 Å². The lowest BCUT2D eigenvalue weighted by Gasteiger charge is -2.48. The first-order chi connectivity index (χ1) is 63.3. The number of rotatable bonds is 18. The standard InChI is InChI=1S/C37H37ClO5S2.2C36H35ClO5S2/c1-23-4-10-26(11-5-23)31-20-34-33(22-36(31)44(40,41)29-16-6-24(2)7-17-29)35(39)21-32(27-12-14-28(38)15-13-27)37(34)45(42,43)30-18-8-25(3)9-19-30;1-23-12-18-28(19-13-23)43(39,40)35-22-31-32(20-29(35)25-9-4-3-5-10-25)36(44(41,42)34-11-7-6-8-24(34)2)30(21-33(31)38)26-14-16-27(37)17-15-26;1-23-8-12-26(13-9-23)31-21-34(38)32-22-35(43(39,40)28-16-10-24(2)11-17-28)30(25-6-4-3-5-7-25)20-33(32)36(31)44(41,42)29-18-14-27(37)15-19-29/h4-19,31-34,36-37H,20-22H2,1-3H3;3-19,29-32,35-36H,20-22H2,1-2H3;3-19,30-33,35-36H,20-22H2,1-2H3/t31-,32-,33+,34-,36?,37?;29-,30-,31+,32-,35?,36?;30-,31-,32+,33-,35?,36?/m000/s1. The fourth-order valence-corrected chi connectivity index (χ4v) is 35.9. The monoisotopic (exact) mass is 1950 g/mol. The van der Waals surface area contributed by atoms with Crippen molar-refractivity contribution in [1.82, 2.24) is 0 Å². The lowest BCUT2D eigenvalue weighted by molar-refractivity contribution is -0.129. The molecule has 0 saturated heterocycles. The Kier molecular flexibility index (Phi) is 28.3. The Labute approximate surface area is 798 Å². The van der Waals surface area contributed by atoms with Crippen molar-refractivity contribution < 1.29 is 64.9 Å². The highest BCUT2D eigenvalue weighted by Gasteiger charge is 2.61. The van der Waals surface area contributed by atoms with E-state index in [0.717, 1.165) is 66.8 Å². The van der Waals surface area contributed by atoms with Crippen LogP contribution >= 0.6 is 34.8 Å². The lowest BCUT2D eigenvalue weighted by Crippen LogP contribution is -2.53. The average molecular weight is 1960 g/mol. The molecule has 6 aliphatic carbocycles. The number of hydrogen-bond acceptors (Lipinski definition) is 15. The highest BCUT2D eigenvalue weighted by Crippen LogP contribution is 2.59. The summed E-state index contributed by atoms with van der Waals surface area (Å²) in [7, 11) is -23.4. The van der Waals surface area contributed by atoms with E-state index in [1.165, 1.54) is 12.1 Å². The summed E-state index contributed by atoms with van der Waals surface area (Å²) < 4.78 is 174. The number of carbonyl (C=O) groups is 3. The van der Waals surface area contributed by atoms with Crippen LogP contribution in [0.1, 0.15) is 166 Å². The topological polar surface area (TPSA) is 256 Å². The van der Waals surface area contributed by atoms with Gasteiger partial charge >= 0.3 is 0 Å². The zero-order valence-electron chi connectivity index (χ0n) is 74.8. The summed E-state index contributed by atoms with van der Waals surface area (Å²) in [6, 6.07) is 89.0. The zero-order valence-corrected chi connectivity index (χ0v) is 82.0. The van der Waals surface area contributed by atoms with Crippen LogP contribution in [-0.2, 0) is 73.4 Å². The summed E-state index contributed by atoms with van der Waals surface area (Å²) in [6.45, 7) is 13.3. The third kappa shape index (κ3) is 19.7. The van der Waals surface area contributed by atoms with E-state index in [2.05, 4.69) is 0 Å². The van der Waals surface area contributed by atoms with Crippen LogP contribution in [0.2, 0.25) is 15.1 Å². The summed E-state index contributed by atoms with van der Waals surface area (Å²) in [5.74, 6) is -7.28. The van der Waals surface area contributed by atoms with Gasteiger partial charge in [0.1, 0.15) is 17.3 Å². The minimum atomic E-state index is -3.96. The van der Waals surface area contributed by atoms with E-state index in [1.54, 1.807) is 159 Å². The average Bonchev–Trinajstić information content (AvgIpc) is 0.729. The fraction of sp³-hybridized carbons (Fsp3) is 0.312. The molecule has 18 rings (SSSR count). The molecule has 12 aromatic rings. The van der Waals surface area contributed by atoms with Gasteiger partial charge in [-0.3, -0.25) is 14.4 Å². The molecule has 133 heavy (non-hydrogen) atoms. The lowest BCUT2D eigenvalue weighted by atomic mass is 9.61. The van der Waals surface area contributed by atoms with Gasteiger partial charge in [-0.2, -0.15) is 0 Å². The molecule has 0 aliphatic heterocycles. The molecule has 6 aliphatic rings. The van der Waals surface area contributed by atoms with Gasteiger partial charge in [0.15, 0.2) is 59.0 Å². The Morgan fingerprint density at radius 1 is 0.211 bits per heavy atom. The smallest absolute Gasteiger partial charge is 0.182 e. The Balaban J connectivity index is 0.000000145. The molecule has 6 fully saturated rings. The minimum absolute atomic E-state index is 0.0189. The maximum absolute atomic E-state index is 14.7. The summed E-state index contributed by atoms with van der Waals surface area (Å²) in [5, 5.41) is -3.87. The first kappa shape index (κ1) is 96.3. The number of hydrogen-bond donors (Lipinski definition) is 0. The molecule has 0 amide bonds. The molecule has 18 atom stereocenters. The second-order valence-electron chi connectivity index (χ2n) is 37.4. The molecule has 15 nitrogen and oxygen atoms in total. The van der Waals surface area contributed by atoms with Crippen LogP contribution in [0.15, 0.2) is 333 Å². The van der Waals surface area contributed by atoms with Crippen molar-refractivity contribution >= 4 is 111 Å². The Bertz CT molecular complexity index is 7020. The summed E-state index contributed by atoms with van der Waals surface area (Å²) in [5.41, 5.74) is 11.3. The Morgan fingerprint density at radius 3 is 0.699 bits per heavy atom. The van der Waals surface area contributed by atoms with Crippen LogP contribution in [0.5, 0.6) is 0 Å². The molecule has 0 bridgehead atoms. The van der Waals surface area contributed by atoms with Gasteiger partial charge in [-0.05, 0) is 247 Å². The largest absolute Gasteiger partial charge is 0.299 e. The third-order valence-electron chi connectivity index (χ3n) is 29.2. The molecule has 24 heteroatoms. The first-order valence-corrected chi connectivity index (χ1v) is 55.6. The van der Waals surface area contributed by atoms with E-state index in [9.17, 15) is 64.9 Å². The normalized spacial score (nSPS) is 25.7. The number of carbonyl (C=O) groups excluding carboxylic acids is 3. The number of Topliss-reactive ketones (excluding diaryl/α,β-unsaturated/α-hetero) is 3. The predicted molar refractivity (Wildman–Crippen MR) is 525 cm³/mol. The summed E-state index contributed by atoms with van der Waals surface area (Å²) in [4.78, 5) is 43.4. The van der Waals surface area contributed by atoms with Crippen molar-refractivity contribution in [1.29, 1.82) is 0 Å². The maximum atomic E-state index is 14.7. The molecular formula is C109H107Cl3O15S6. The van der Waals surface area contributed by atoms with Crippen molar-refractivity contribution in [3.05, 3.63) is 391 Å². The van der Waals surface area contributed by atoms with Crippen molar-refractivity contribution in [3.8, 4) is 0 Å². The predicted octanol–water partition coefficient (Wildman–Crippen LogP) is 22.8. The van der Waals surface area contributed by atoms with Gasteiger partial charge in [0, 0.05) is 87.6 Å². The molecule has 0 heterocycles. The van der Waals surface area contributed by atoms with E-state index in [-0.39, 0.29) is 105 Å². The molecule has 0 aromatic heterocycles. The molecule has 6 saturated carbocycles. The van der Waals surface area contributed by atoms with Gasteiger partial charge in [0.25, 0.3) is 0 Å². The van der Waals surface area contributed by atoms with Gasteiger partial charge in [-0.25, -0.2) is 50.5 Å². The van der Waals surface area contributed by atoms with Crippen molar-refractivity contribution in [3.63, 3.8) is 0 Å². The van der Waals surface area contributed by atoms with Crippen LogP contribution in [0.3, 0.4) is 0 Å². The number of ketones is 3. The molecule has 0 radical (unpaired) electrons. The summed E-state index contributed by atoms with van der Waals surface area (Å²) in [6.07, 6.45) is 1.08. The maximum Gasteiger partial charge on any atom is 0.182 e. The van der Waals surface area contributed by atoms with Crippen LogP contribution in [-0.4, -0.2) is 99.4 Å². The van der Waals surface area contributed by atoms with E-state index >= 15 is 0 Å². The molecule has 6 unspecified atom stereocenters. The molecule has 0 spiro atoms. The van der Waals surface area contributed by atoms with Gasteiger partial charge in [0.05, 0.1) is 60.9 Å². The van der Waals surface area contributed by atoms with Gasteiger partial charge < -0.3 is 0 Å². The minimum Gasteiger partial charge on any atom is -0.299 e. The van der Waals surface area contributed by atoms with Crippen LogP contribution < -0.4 is 0 Å². The summed E-state index contributed by atoms with van der Waals surface area (Å²) >= 11 is 18.5. The fourth-order valence-electron chi connectivity index (χ4n) is 22.3. The number of sulfone groups is 6. The SMILES string of the molecule is Cc1ccc(S(=O)(=O)C2C[C@H]3C(=O)C[C@@H](c4ccc(Cl)cc4)C(S(=O)(=O)c4ccccc4C)[C@H]3C[C@H]2c2ccccc2)cc1.Cc1ccc([C@@H]2CC(=O)[C@@H]3CC(S(=O)(=O)c4ccc(C)cc4)[C@H](c4ccccc4)C[C@@H]3C2S(=O)(=O)c2ccc(Cl)cc2)cc1.Cc1ccc([C@@H]2C[C@@H]3C(S(=O)(=O)c4ccc(C)cc4)[C@H](c4ccc(Cl)cc4)CC(=O)[C@@H]3CC2S(=O)(=O)c2ccc(C)cc2)cc1. The van der Waals surface area contributed by atoms with Crippen LogP contribution in [0, 0.1) is 84.0 Å². The highest BCUT2D eigenvalue weighted by atomic mass is 35.5. The van der Waals surface area contributed by atoms with Gasteiger partial charge in [0.2, 0.25) is 0 Å². The van der Waals surface area contributed by atoms with Gasteiger partial charge in [-0.1, -0.05) is 268 Å². The number of halogens is 3. The molecule has 0 N–H and O–H groups in total. The quantitative estimate of drug-likeness (QED) is 0.0774. The van der Waals surface area contributed by atoms with Gasteiger partial charge in [-0.15, -0.1) is 0 Å². The zero-order chi connectivity index (χ0) is 94.5. The van der Waals surface area contributed by atoms with Crippen molar-refractivity contribution in [2.75, 3.05) is 0 Å². The van der Waals surface area contributed by atoms with Crippen LogP contribution in [0.25, 0.3) is 0 Å². The molecule has 690 valence electrons. The number of fused-ring (bicyclic) bond motifs is 3. The Hall–Kier alpha value is -9.78. The van der Waals surface area contributed by atoms with E-state index in [0.29, 0.717) is 20.6 Å². The molecule has 12 aromatic carbocycles. The van der Waals surface area contributed by atoms with E-state index in [4.69, 9.17) is 34.8 Å². The number of benzene rings is 12. The third-order valence-corrected chi connectivity index (χ3v) is 43.8. The van der Waals surface area contributed by atoms with Crippen molar-refractivity contribution in [2.24, 2.45) is 35.5 Å². The molecular weight excluding hydrogens is 1850 g/mol. The highest BCUT2D eigenvalue weighted by molar-refractivity contribution is 7.93. The second kappa shape index (κ2) is 39.1.